The van der Waals surface area contributed by atoms with Gasteiger partial charge in [0.25, 0.3) is 5.69 Å². The van der Waals surface area contributed by atoms with Crippen LogP contribution in [0.5, 0.6) is 0 Å². The number of nitrogens with zero attached hydrogens (tertiary/aromatic N) is 1. The molecule has 0 atom stereocenters. The minimum atomic E-state index is -0.366. The fourth-order valence-corrected chi connectivity index (χ4v) is 1.70. The van der Waals surface area contributed by atoms with Crippen LogP contribution in [0, 0.1) is 23.0 Å². The second-order valence-electron chi connectivity index (χ2n) is 4.95. The van der Waals surface area contributed by atoms with Crippen LogP contribution in [0.3, 0.4) is 0 Å². The van der Waals surface area contributed by atoms with Crippen LogP contribution in [0.4, 0.5) is 11.4 Å². The Hall–Kier alpha value is -1.62. The molecular formula is C14H22N2O3. The van der Waals surface area contributed by atoms with Crippen molar-refractivity contribution in [2.24, 2.45) is 5.92 Å². The van der Waals surface area contributed by atoms with Crippen LogP contribution < -0.4 is 5.32 Å². The average Bonchev–Trinajstić information content (AvgIpc) is 2.34. The summed E-state index contributed by atoms with van der Waals surface area (Å²) in [6.45, 7) is 8.02. The van der Waals surface area contributed by atoms with Gasteiger partial charge in [-0.2, -0.15) is 0 Å². The number of nitrogens with one attached hydrogen (secondary N) is 1. The van der Waals surface area contributed by atoms with E-state index in [0.29, 0.717) is 24.8 Å². The third-order valence-electron chi connectivity index (χ3n) is 2.84. The number of nitro groups is 1. The van der Waals surface area contributed by atoms with Gasteiger partial charge in [-0.05, 0) is 24.8 Å². The molecule has 1 aromatic rings. The topological polar surface area (TPSA) is 64.4 Å². The molecule has 5 heteroatoms. The Morgan fingerprint density at radius 2 is 2.11 bits per heavy atom. The fraction of sp³-hybridized carbons (Fsp3) is 0.571. The van der Waals surface area contributed by atoms with E-state index in [1.54, 1.807) is 6.07 Å². The van der Waals surface area contributed by atoms with Crippen LogP contribution in [-0.4, -0.2) is 24.7 Å². The normalized spacial score (nSPS) is 10.7. The number of ether oxygens (including phenoxy) is 1. The van der Waals surface area contributed by atoms with E-state index in [-0.39, 0.29) is 10.6 Å². The molecule has 0 aliphatic carbocycles. The van der Waals surface area contributed by atoms with E-state index in [0.717, 1.165) is 18.6 Å². The molecule has 0 bridgehead atoms. The molecular weight excluding hydrogens is 244 g/mol. The number of anilines is 1. The Bertz CT molecular complexity index is 419. The summed E-state index contributed by atoms with van der Waals surface area (Å²) in [5.74, 6) is 0.630. The number of benzene rings is 1. The summed E-state index contributed by atoms with van der Waals surface area (Å²) in [6, 6.07) is 5.06. The van der Waals surface area contributed by atoms with E-state index < -0.39 is 0 Å². The number of para-hydroxylation sites is 1. The van der Waals surface area contributed by atoms with Crippen LogP contribution in [-0.2, 0) is 4.74 Å². The molecule has 1 aromatic carbocycles. The molecule has 0 saturated carbocycles. The van der Waals surface area contributed by atoms with Crippen molar-refractivity contribution >= 4 is 11.4 Å². The van der Waals surface area contributed by atoms with E-state index in [2.05, 4.69) is 19.2 Å². The summed E-state index contributed by atoms with van der Waals surface area (Å²) < 4.78 is 5.47. The Morgan fingerprint density at radius 1 is 1.37 bits per heavy atom. The highest BCUT2D eigenvalue weighted by Gasteiger charge is 2.14. The van der Waals surface area contributed by atoms with Crippen molar-refractivity contribution in [1.82, 2.24) is 0 Å². The van der Waals surface area contributed by atoms with Gasteiger partial charge in [-0.3, -0.25) is 10.1 Å². The first-order valence-electron chi connectivity index (χ1n) is 6.58. The molecule has 0 spiro atoms. The molecule has 106 valence electrons. The number of hydrogen-bond acceptors (Lipinski definition) is 4. The SMILES string of the molecule is Cc1cccc([N+](=O)[O-])c1NCCOCCC(C)C. The van der Waals surface area contributed by atoms with E-state index in [1.807, 2.05) is 13.0 Å². The summed E-state index contributed by atoms with van der Waals surface area (Å²) in [5, 5.41) is 14.0. The first-order chi connectivity index (χ1) is 9.02. The lowest BCUT2D eigenvalue weighted by atomic mass is 10.1. The van der Waals surface area contributed by atoms with E-state index in [1.165, 1.54) is 6.07 Å². The average molecular weight is 266 g/mol. The van der Waals surface area contributed by atoms with Crippen LogP contribution >= 0.6 is 0 Å². The van der Waals surface area contributed by atoms with Gasteiger partial charge in [0.1, 0.15) is 5.69 Å². The molecule has 1 N–H and O–H groups in total. The molecule has 0 aromatic heterocycles. The first kappa shape index (κ1) is 15.4. The van der Waals surface area contributed by atoms with Crippen molar-refractivity contribution in [2.75, 3.05) is 25.1 Å². The summed E-state index contributed by atoms with van der Waals surface area (Å²) in [7, 11) is 0. The second-order valence-corrected chi connectivity index (χ2v) is 4.95. The van der Waals surface area contributed by atoms with Crippen LogP contribution in [0.15, 0.2) is 18.2 Å². The third kappa shape index (κ3) is 5.26. The van der Waals surface area contributed by atoms with E-state index in [4.69, 9.17) is 4.74 Å². The molecule has 0 radical (unpaired) electrons. The van der Waals surface area contributed by atoms with E-state index in [9.17, 15) is 10.1 Å². The van der Waals surface area contributed by atoms with Gasteiger partial charge >= 0.3 is 0 Å². The Morgan fingerprint density at radius 3 is 2.74 bits per heavy atom. The van der Waals surface area contributed by atoms with Crippen molar-refractivity contribution < 1.29 is 9.66 Å². The minimum absolute atomic E-state index is 0.113. The molecule has 0 heterocycles. The molecule has 1 rings (SSSR count). The standard InChI is InChI=1S/C14H22N2O3/c1-11(2)7-9-19-10-8-15-14-12(3)5-4-6-13(14)16(17)18/h4-6,11,15H,7-10H2,1-3H3. The Balaban J connectivity index is 2.43. The Labute approximate surface area is 114 Å². The van der Waals surface area contributed by atoms with Crippen molar-refractivity contribution in [3.05, 3.63) is 33.9 Å². The van der Waals surface area contributed by atoms with Gasteiger partial charge in [-0.25, -0.2) is 0 Å². The molecule has 0 aliphatic rings. The van der Waals surface area contributed by atoms with Gasteiger partial charge < -0.3 is 10.1 Å². The molecule has 0 saturated heterocycles. The number of hydrogen-bond donors (Lipinski definition) is 1. The summed E-state index contributed by atoms with van der Waals surface area (Å²) in [4.78, 5) is 10.6. The molecule has 0 fully saturated rings. The van der Waals surface area contributed by atoms with Crippen molar-refractivity contribution in [2.45, 2.75) is 27.2 Å². The summed E-state index contributed by atoms with van der Waals surface area (Å²) >= 11 is 0. The van der Waals surface area contributed by atoms with Gasteiger partial charge in [0.05, 0.1) is 11.5 Å². The molecule has 0 aliphatic heterocycles. The number of nitro benzene ring substituents is 1. The summed E-state index contributed by atoms with van der Waals surface area (Å²) in [5.41, 5.74) is 1.57. The van der Waals surface area contributed by atoms with Gasteiger partial charge in [0.15, 0.2) is 0 Å². The molecule has 5 nitrogen and oxygen atoms in total. The molecule has 0 amide bonds. The van der Waals surface area contributed by atoms with Crippen molar-refractivity contribution in [3.63, 3.8) is 0 Å². The predicted octanol–water partition coefficient (Wildman–Crippen LogP) is 3.38. The number of aryl methyl sites for hydroxylation is 1. The maximum Gasteiger partial charge on any atom is 0.292 e. The minimum Gasteiger partial charge on any atom is -0.380 e. The van der Waals surface area contributed by atoms with Crippen molar-refractivity contribution in [3.8, 4) is 0 Å². The highest BCUT2D eigenvalue weighted by molar-refractivity contribution is 5.65. The first-order valence-corrected chi connectivity index (χ1v) is 6.58. The van der Waals surface area contributed by atoms with E-state index >= 15 is 0 Å². The highest BCUT2D eigenvalue weighted by atomic mass is 16.6. The molecule has 0 unspecified atom stereocenters. The van der Waals surface area contributed by atoms with Crippen LogP contribution in [0.1, 0.15) is 25.8 Å². The maximum atomic E-state index is 10.9. The maximum absolute atomic E-state index is 10.9. The highest BCUT2D eigenvalue weighted by Crippen LogP contribution is 2.27. The lowest BCUT2D eigenvalue weighted by molar-refractivity contribution is -0.384. The Kier molecular flexibility index (Phi) is 6.29. The zero-order valence-electron chi connectivity index (χ0n) is 11.8. The zero-order chi connectivity index (χ0) is 14.3. The summed E-state index contributed by atoms with van der Waals surface area (Å²) in [6.07, 6.45) is 1.03. The van der Waals surface area contributed by atoms with Crippen LogP contribution in [0.25, 0.3) is 0 Å². The largest absolute Gasteiger partial charge is 0.380 e. The second kappa shape index (κ2) is 7.74. The third-order valence-corrected chi connectivity index (χ3v) is 2.84. The van der Waals surface area contributed by atoms with Crippen molar-refractivity contribution in [1.29, 1.82) is 0 Å². The quantitative estimate of drug-likeness (QED) is 0.445. The van der Waals surface area contributed by atoms with Gasteiger partial charge in [0, 0.05) is 19.2 Å². The van der Waals surface area contributed by atoms with Crippen LogP contribution in [0.2, 0.25) is 0 Å². The lowest BCUT2D eigenvalue weighted by Gasteiger charge is -2.10. The smallest absolute Gasteiger partial charge is 0.292 e. The number of rotatable bonds is 8. The predicted molar refractivity (Wildman–Crippen MR) is 76.6 cm³/mol. The fourth-order valence-electron chi connectivity index (χ4n) is 1.70. The zero-order valence-corrected chi connectivity index (χ0v) is 11.8. The lowest BCUT2D eigenvalue weighted by Crippen LogP contribution is -2.12. The monoisotopic (exact) mass is 266 g/mol. The van der Waals surface area contributed by atoms with Gasteiger partial charge in [-0.15, -0.1) is 0 Å². The van der Waals surface area contributed by atoms with Gasteiger partial charge in [-0.1, -0.05) is 26.0 Å². The molecule has 19 heavy (non-hydrogen) atoms. The van der Waals surface area contributed by atoms with Gasteiger partial charge in [0.2, 0.25) is 0 Å².